The molecule has 0 aromatic carbocycles. The molecule has 0 aliphatic carbocycles. The van der Waals surface area contributed by atoms with E-state index in [2.05, 4.69) is 32.6 Å². The molecular formula is C9H8IN3O2. The van der Waals surface area contributed by atoms with E-state index in [-0.39, 0.29) is 5.56 Å². The van der Waals surface area contributed by atoms with Crippen LogP contribution in [0.5, 0.6) is 0 Å². The summed E-state index contributed by atoms with van der Waals surface area (Å²) in [6, 6.07) is 0. The van der Waals surface area contributed by atoms with Crippen molar-refractivity contribution in [2.75, 3.05) is 6.61 Å². The first-order valence-electron chi connectivity index (χ1n) is 4.61. The number of fused-ring (bicyclic) bond motifs is 2. The van der Waals surface area contributed by atoms with E-state index in [1.54, 1.807) is 10.8 Å². The van der Waals surface area contributed by atoms with Crippen molar-refractivity contribution in [3.8, 4) is 0 Å². The topological polar surface area (TPSA) is 59.9 Å². The molecule has 1 N–H and O–H groups in total. The number of aromatic nitrogens is 3. The number of hydrogen-bond donors (Lipinski definition) is 1. The average Bonchev–Trinajstić information content (AvgIpc) is 2.61. The average molecular weight is 317 g/mol. The maximum absolute atomic E-state index is 12.1. The molecule has 78 valence electrons. The number of ether oxygens (including phenoxy) is 1. The van der Waals surface area contributed by atoms with Crippen molar-refractivity contribution < 1.29 is 4.74 Å². The molecule has 0 bridgehead atoms. The summed E-state index contributed by atoms with van der Waals surface area (Å²) in [5, 5.41) is 0.682. The highest BCUT2D eigenvalue weighted by Crippen LogP contribution is 2.16. The Morgan fingerprint density at radius 1 is 1.60 bits per heavy atom. The van der Waals surface area contributed by atoms with Gasteiger partial charge in [0.25, 0.3) is 5.56 Å². The second-order valence-electron chi connectivity index (χ2n) is 3.40. The van der Waals surface area contributed by atoms with Crippen LogP contribution in [0.25, 0.3) is 11.0 Å². The molecule has 2 aromatic heterocycles. The van der Waals surface area contributed by atoms with E-state index in [1.807, 2.05) is 0 Å². The molecule has 2 aromatic rings. The van der Waals surface area contributed by atoms with E-state index >= 15 is 0 Å². The SMILES string of the molecule is O=c1c2c(I)c[nH]c2nc2n1CCOC2. The number of aromatic amines is 1. The normalized spacial score (nSPS) is 15.5. The van der Waals surface area contributed by atoms with E-state index in [9.17, 15) is 4.79 Å². The van der Waals surface area contributed by atoms with Crippen molar-refractivity contribution in [1.29, 1.82) is 0 Å². The lowest BCUT2D eigenvalue weighted by Crippen LogP contribution is -2.31. The summed E-state index contributed by atoms with van der Waals surface area (Å²) in [6.45, 7) is 1.60. The molecule has 15 heavy (non-hydrogen) atoms. The van der Waals surface area contributed by atoms with Gasteiger partial charge in [0.1, 0.15) is 18.1 Å². The van der Waals surface area contributed by atoms with Crippen LogP contribution in [0.3, 0.4) is 0 Å². The first kappa shape index (κ1) is 9.34. The minimum Gasteiger partial charge on any atom is -0.372 e. The fourth-order valence-electron chi connectivity index (χ4n) is 1.78. The maximum atomic E-state index is 12.1. The molecule has 5 nitrogen and oxygen atoms in total. The second kappa shape index (κ2) is 3.31. The number of halogens is 1. The molecule has 3 heterocycles. The van der Waals surface area contributed by atoms with Crippen LogP contribution in [-0.2, 0) is 17.9 Å². The maximum Gasteiger partial charge on any atom is 0.264 e. The van der Waals surface area contributed by atoms with Crippen molar-refractivity contribution in [2.45, 2.75) is 13.2 Å². The van der Waals surface area contributed by atoms with E-state index in [0.29, 0.717) is 36.6 Å². The molecule has 0 saturated carbocycles. The molecule has 0 unspecified atom stereocenters. The molecule has 0 amide bonds. The zero-order chi connectivity index (χ0) is 10.4. The summed E-state index contributed by atoms with van der Waals surface area (Å²) in [7, 11) is 0. The highest BCUT2D eigenvalue weighted by Gasteiger charge is 2.17. The van der Waals surface area contributed by atoms with Crippen LogP contribution < -0.4 is 5.56 Å². The highest BCUT2D eigenvalue weighted by molar-refractivity contribution is 14.1. The lowest BCUT2D eigenvalue weighted by molar-refractivity contribution is 0.0788. The summed E-state index contributed by atoms with van der Waals surface area (Å²) < 4.78 is 7.88. The van der Waals surface area contributed by atoms with Crippen LogP contribution in [0.1, 0.15) is 5.82 Å². The van der Waals surface area contributed by atoms with Crippen LogP contribution in [0, 0.1) is 3.57 Å². The third-order valence-corrected chi connectivity index (χ3v) is 3.36. The third kappa shape index (κ3) is 1.31. The van der Waals surface area contributed by atoms with Gasteiger partial charge in [-0.05, 0) is 22.6 Å². The summed E-state index contributed by atoms with van der Waals surface area (Å²) in [5.41, 5.74) is 0.685. The minimum atomic E-state index is 0.0314. The summed E-state index contributed by atoms with van der Waals surface area (Å²) in [5.74, 6) is 0.706. The Kier molecular flexibility index (Phi) is 2.06. The number of nitrogens with one attached hydrogen (secondary N) is 1. The molecule has 6 heteroatoms. The van der Waals surface area contributed by atoms with Gasteiger partial charge in [-0.3, -0.25) is 9.36 Å². The van der Waals surface area contributed by atoms with Crippen molar-refractivity contribution in [3.63, 3.8) is 0 Å². The van der Waals surface area contributed by atoms with Crippen LogP contribution in [0.2, 0.25) is 0 Å². The fourth-order valence-corrected chi connectivity index (χ4v) is 2.42. The smallest absolute Gasteiger partial charge is 0.264 e. The van der Waals surface area contributed by atoms with Crippen molar-refractivity contribution in [2.24, 2.45) is 0 Å². The predicted molar refractivity (Wildman–Crippen MR) is 62.7 cm³/mol. The molecule has 0 saturated heterocycles. The van der Waals surface area contributed by atoms with Gasteiger partial charge in [0.2, 0.25) is 0 Å². The first-order chi connectivity index (χ1) is 7.27. The van der Waals surface area contributed by atoms with Gasteiger partial charge in [-0.1, -0.05) is 0 Å². The standard InChI is InChI=1S/C9H8IN3O2/c10-5-3-11-8-7(5)9(14)13-1-2-15-4-6(13)12-8/h3,11H,1-2,4H2. The van der Waals surface area contributed by atoms with Gasteiger partial charge in [-0.15, -0.1) is 0 Å². The van der Waals surface area contributed by atoms with Gasteiger partial charge in [0.05, 0.1) is 18.5 Å². The van der Waals surface area contributed by atoms with Crippen LogP contribution >= 0.6 is 22.6 Å². The molecular weight excluding hydrogens is 309 g/mol. The fraction of sp³-hybridized carbons (Fsp3) is 0.333. The van der Waals surface area contributed by atoms with Gasteiger partial charge >= 0.3 is 0 Å². The molecule has 0 radical (unpaired) electrons. The van der Waals surface area contributed by atoms with E-state index in [4.69, 9.17) is 4.74 Å². The Morgan fingerprint density at radius 3 is 3.33 bits per heavy atom. The number of hydrogen-bond acceptors (Lipinski definition) is 3. The summed E-state index contributed by atoms with van der Waals surface area (Å²) in [6.07, 6.45) is 1.80. The Hall–Kier alpha value is -0.890. The molecule has 1 aliphatic heterocycles. The molecule has 0 spiro atoms. The third-order valence-electron chi connectivity index (χ3n) is 2.51. The quantitative estimate of drug-likeness (QED) is 0.733. The number of nitrogens with zero attached hydrogens (tertiary/aromatic N) is 2. The highest BCUT2D eigenvalue weighted by atomic mass is 127. The second-order valence-corrected chi connectivity index (χ2v) is 4.56. The lowest BCUT2D eigenvalue weighted by Gasteiger charge is -2.17. The van der Waals surface area contributed by atoms with Gasteiger partial charge in [-0.25, -0.2) is 4.98 Å². The largest absolute Gasteiger partial charge is 0.372 e. The predicted octanol–water partition coefficient (Wildman–Crippen LogP) is 0.859. The van der Waals surface area contributed by atoms with Crippen molar-refractivity contribution in [1.82, 2.24) is 14.5 Å². The minimum absolute atomic E-state index is 0.0314. The van der Waals surface area contributed by atoms with Crippen LogP contribution in [-0.4, -0.2) is 21.1 Å². The Balaban J connectivity index is 2.44. The van der Waals surface area contributed by atoms with Gasteiger partial charge in [-0.2, -0.15) is 0 Å². The first-order valence-corrected chi connectivity index (χ1v) is 5.69. The van der Waals surface area contributed by atoms with E-state index in [0.717, 1.165) is 3.57 Å². The zero-order valence-electron chi connectivity index (χ0n) is 7.79. The van der Waals surface area contributed by atoms with Gasteiger partial charge in [0, 0.05) is 9.77 Å². The van der Waals surface area contributed by atoms with Crippen molar-refractivity contribution in [3.05, 3.63) is 25.9 Å². The Morgan fingerprint density at radius 2 is 2.47 bits per heavy atom. The monoisotopic (exact) mass is 317 g/mol. The molecule has 3 rings (SSSR count). The summed E-state index contributed by atoms with van der Waals surface area (Å²) >= 11 is 2.14. The Labute approximate surface area is 98.6 Å². The summed E-state index contributed by atoms with van der Waals surface area (Å²) in [4.78, 5) is 19.5. The molecule has 1 aliphatic rings. The van der Waals surface area contributed by atoms with Crippen molar-refractivity contribution >= 4 is 33.6 Å². The molecule has 0 atom stereocenters. The van der Waals surface area contributed by atoms with E-state index in [1.165, 1.54) is 0 Å². The Bertz CT molecular complexity index is 587. The van der Waals surface area contributed by atoms with Gasteiger partial charge < -0.3 is 9.72 Å². The number of rotatable bonds is 0. The molecule has 0 fully saturated rings. The van der Waals surface area contributed by atoms with Crippen LogP contribution in [0.4, 0.5) is 0 Å². The lowest BCUT2D eigenvalue weighted by atomic mass is 10.3. The van der Waals surface area contributed by atoms with Crippen LogP contribution in [0.15, 0.2) is 11.0 Å². The van der Waals surface area contributed by atoms with E-state index < -0.39 is 0 Å². The number of H-pyrrole nitrogens is 1. The zero-order valence-corrected chi connectivity index (χ0v) is 9.95. The van der Waals surface area contributed by atoms with Gasteiger partial charge in [0.15, 0.2) is 0 Å².